The number of benzene rings is 2. The molecule has 1 aromatic heterocycles. The minimum atomic E-state index is -1.27. The van der Waals surface area contributed by atoms with Crippen molar-refractivity contribution < 1.29 is 13.4 Å². The molecule has 0 radical (unpaired) electrons. The van der Waals surface area contributed by atoms with E-state index in [1.807, 2.05) is 31.2 Å². The van der Waals surface area contributed by atoms with Gasteiger partial charge in [0.05, 0.1) is 16.6 Å². The molecule has 1 atom stereocenters. The molecule has 0 unspecified atom stereocenters. The molecular formula is C19H16ClNO3S. The lowest BCUT2D eigenvalue weighted by Gasteiger charge is -2.06. The Labute approximate surface area is 153 Å². The molecule has 25 heavy (non-hydrogen) atoms. The Morgan fingerprint density at radius 2 is 1.80 bits per heavy atom. The smallest absolute Gasteiger partial charge is 0.291 e. The minimum absolute atomic E-state index is 0.186. The number of hydrogen-bond acceptors (Lipinski definition) is 3. The predicted molar refractivity (Wildman–Crippen MR) is 99.4 cm³/mol. The van der Waals surface area contributed by atoms with Crippen LogP contribution in [-0.2, 0) is 16.6 Å². The first-order chi connectivity index (χ1) is 12.0. The lowest BCUT2D eigenvalue weighted by Crippen LogP contribution is -2.11. The summed E-state index contributed by atoms with van der Waals surface area (Å²) in [6, 6.07) is 17.6. The molecule has 3 rings (SSSR count). The molecule has 0 bridgehead atoms. The van der Waals surface area contributed by atoms with Crippen LogP contribution in [0.2, 0.25) is 5.02 Å². The number of nitrogens with one attached hydrogen (secondary N) is 1. The molecule has 6 heteroatoms. The quantitative estimate of drug-likeness (QED) is 0.698. The number of hydrogen-bond donors (Lipinski definition) is 1. The van der Waals surface area contributed by atoms with Crippen molar-refractivity contribution in [2.24, 2.45) is 0 Å². The zero-order valence-corrected chi connectivity index (χ0v) is 15.1. The number of halogens is 1. The van der Waals surface area contributed by atoms with E-state index >= 15 is 0 Å². The van der Waals surface area contributed by atoms with E-state index in [4.69, 9.17) is 16.0 Å². The van der Waals surface area contributed by atoms with Gasteiger partial charge in [-0.15, -0.1) is 0 Å². The maximum absolute atomic E-state index is 12.3. The van der Waals surface area contributed by atoms with E-state index in [-0.39, 0.29) is 17.4 Å². The average molecular weight is 374 g/mol. The van der Waals surface area contributed by atoms with E-state index in [1.165, 1.54) is 0 Å². The number of aryl methyl sites for hydroxylation is 1. The molecule has 1 amide bonds. The fourth-order valence-electron chi connectivity index (χ4n) is 2.27. The topological polar surface area (TPSA) is 59.3 Å². The minimum Gasteiger partial charge on any atom is -0.455 e. The Kier molecular flexibility index (Phi) is 5.36. The standard InChI is InChI=1S/C19H16ClNO3S/c1-13-4-2-3-5-17(13)21-19(22)18-11-8-15(24-18)12-25(23)16-9-6-14(20)7-10-16/h2-11H,12H2,1H3,(H,21,22)/t25-/m0/s1. The van der Waals surface area contributed by atoms with Crippen LogP contribution in [0, 0.1) is 6.92 Å². The summed E-state index contributed by atoms with van der Waals surface area (Å²) in [6.45, 7) is 1.92. The summed E-state index contributed by atoms with van der Waals surface area (Å²) in [7, 11) is -1.27. The van der Waals surface area contributed by atoms with Crippen LogP contribution < -0.4 is 5.32 Å². The Morgan fingerprint density at radius 1 is 1.08 bits per heavy atom. The number of carbonyl (C=O) groups excluding carboxylic acids is 1. The van der Waals surface area contributed by atoms with Crippen LogP contribution in [-0.4, -0.2) is 10.1 Å². The van der Waals surface area contributed by atoms with Gasteiger partial charge in [-0.25, -0.2) is 0 Å². The van der Waals surface area contributed by atoms with Crippen molar-refractivity contribution in [2.45, 2.75) is 17.6 Å². The Hall–Kier alpha value is -2.37. The van der Waals surface area contributed by atoms with E-state index in [1.54, 1.807) is 36.4 Å². The molecule has 0 aliphatic heterocycles. The number of furan rings is 1. The highest BCUT2D eigenvalue weighted by molar-refractivity contribution is 7.84. The zero-order valence-electron chi connectivity index (χ0n) is 13.5. The van der Waals surface area contributed by atoms with Crippen LogP contribution >= 0.6 is 11.6 Å². The Balaban J connectivity index is 1.67. The highest BCUT2D eigenvalue weighted by Gasteiger charge is 2.14. The molecule has 1 N–H and O–H groups in total. The summed E-state index contributed by atoms with van der Waals surface area (Å²) in [5.41, 5.74) is 1.70. The van der Waals surface area contributed by atoms with Gasteiger partial charge in [0.2, 0.25) is 0 Å². The van der Waals surface area contributed by atoms with E-state index in [0.717, 1.165) is 11.3 Å². The van der Waals surface area contributed by atoms with Gasteiger partial charge >= 0.3 is 0 Å². The molecule has 1 heterocycles. The van der Waals surface area contributed by atoms with Crippen LogP contribution in [0.4, 0.5) is 5.69 Å². The fraction of sp³-hybridized carbons (Fsp3) is 0.105. The number of rotatable bonds is 5. The zero-order chi connectivity index (χ0) is 17.8. The number of para-hydroxylation sites is 1. The highest BCUT2D eigenvalue weighted by atomic mass is 35.5. The van der Waals surface area contributed by atoms with Crippen molar-refractivity contribution in [3.05, 3.63) is 82.8 Å². The Morgan fingerprint density at radius 3 is 2.52 bits per heavy atom. The van der Waals surface area contributed by atoms with Gasteiger partial charge in [0.25, 0.3) is 5.91 Å². The van der Waals surface area contributed by atoms with E-state index < -0.39 is 10.8 Å². The van der Waals surface area contributed by atoms with Crippen molar-refractivity contribution in [1.82, 2.24) is 0 Å². The van der Waals surface area contributed by atoms with Gasteiger partial charge in [-0.05, 0) is 55.0 Å². The summed E-state index contributed by atoms with van der Waals surface area (Å²) in [6.07, 6.45) is 0. The van der Waals surface area contributed by atoms with Gasteiger partial charge in [0.15, 0.2) is 5.76 Å². The van der Waals surface area contributed by atoms with Crippen molar-refractivity contribution >= 4 is 34.0 Å². The molecule has 4 nitrogen and oxygen atoms in total. The molecule has 128 valence electrons. The molecule has 0 saturated heterocycles. The third-order valence-electron chi connectivity index (χ3n) is 3.63. The van der Waals surface area contributed by atoms with E-state index in [2.05, 4.69) is 5.32 Å². The van der Waals surface area contributed by atoms with Gasteiger partial charge in [0, 0.05) is 15.6 Å². The third kappa shape index (κ3) is 4.38. The maximum atomic E-state index is 12.3. The first kappa shape index (κ1) is 17.5. The number of anilines is 1. The molecule has 0 aliphatic carbocycles. The lowest BCUT2D eigenvalue weighted by atomic mass is 10.2. The largest absolute Gasteiger partial charge is 0.455 e. The second-order valence-electron chi connectivity index (χ2n) is 5.48. The summed E-state index contributed by atoms with van der Waals surface area (Å²) in [5.74, 6) is 0.534. The molecule has 0 spiro atoms. The number of amides is 1. The predicted octanol–water partition coefficient (Wildman–Crippen LogP) is 4.80. The molecule has 0 fully saturated rings. The van der Waals surface area contributed by atoms with Crippen LogP contribution in [0.1, 0.15) is 21.9 Å². The SMILES string of the molecule is Cc1ccccc1NC(=O)c1ccc(C[S@](=O)c2ccc(Cl)cc2)o1. The normalized spacial score (nSPS) is 11.9. The number of carbonyl (C=O) groups is 1. The van der Waals surface area contributed by atoms with Crippen LogP contribution in [0.3, 0.4) is 0 Å². The van der Waals surface area contributed by atoms with Crippen molar-refractivity contribution in [3.8, 4) is 0 Å². The van der Waals surface area contributed by atoms with Gasteiger partial charge in [-0.2, -0.15) is 0 Å². The van der Waals surface area contributed by atoms with Crippen molar-refractivity contribution in [2.75, 3.05) is 5.32 Å². The molecule has 2 aromatic carbocycles. The molecular weight excluding hydrogens is 358 g/mol. The Bertz CT molecular complexity index is 918. The van der Waals surface area contributed by atoms with Gasteiger partial charge in [0.1, 0.15) is 5.76 Å². The van der Waals surface area contributed by atoms with Gasteiger partial charge < -0.3 is 9.73 Å². The van der Waals surface area contributed by atoms with Crippen LogP contribution in [0.15, 0.2) is 70.0 Å². The third-order valence-corrected chi connectivity index (χ3v) is 5.23. The fourth-order valence-corrected chi connectivity index (χ4v) is 3.42. The second-order valence-corrected chi connectivity index (χ2v) is 7.37. The van der Waals surface area contributed by atoms with E-state index in [9.17, 15) is 9.00 Å². The molecule has 0 saturated carbocycles. The van der Waals surface area contributed by atoms with Gasteiger partial charge in [-0.1, -0.05) is 29.8 Å². The first-order valence-corrected chi connectivity index (χ1v) is 9.32. The van der Waals surface area contributed by atoms with Gasteiger partial charge in [-0.3, -0.25) is 9.00 Å². The summed E-state index contributed by atoms with van der Waals surface area (Å²) >= 11 is 5.83. The van der Waals surface area contributed by atoms with Crippen molar-refractivity contribution in [1.29, 1.82) is 0 Å². The lowest BCUT2D eigenvalue weighted by molar-refractivity contribution is 0.0995. The summed E-state index contributed by atoms with van der Waals surface area (Å²) in [5, 5.41) is 3.40. The summed E-state index contributed by atoms with van der Waals surface area (Å²) in [4.78, 5) is 12.9. The first-order valence-electron chi connectivity index (χ1n) is 7.62. The maximum Gasteiger partial charge on any atom is 0.291 e. The molecule has 0 aliphatic rings. The average Bonchev–Trinajstić information content (AvgIpc) is 3.06. The molecule has 3 aromatic rings. The monoisotopic (exact) mass is 373 g/mol. The van der Waals surface area contributed by atoms with E-state index in [0.29, 0.717) is 15.7 Å². The van der Waals surface area contributed by atoms with Crippen LogP contribution in [0.5, 0.6) is 0 Å². The van der Waals surface area contributed by atoms with Crippen LogP contribution in [0.25, 0.3) is 0 Å². The second kappa shape index (κ2) is 7.68. The summed E-state index contributed by atoms with van der Waals surface area (Å²) < 4.78 is 17.9. The van der Waals surface area contributed by atoms with Crippen molar-refractivity contribution in [3.63, 3.8) is 0 Å². The highest BCUT2D eigenvalue weighted by Crippen LogP contribution is 2.19.